The third kappa shape index (κ3) is 3.52. The maximum Gasteiger partial charge on any atom is 0.276 e. The first-order chi connectivity index (χ1) is 13.0. The van der Waals surface area contributed by atoms with Crippen LogP contribution < -0.4 is 4.74 Å². The summed E-state index contributed by atoms with van der Waals surface area (Å²) in [7, 11) is 0. The molecule has 7 nitrogen and oxygen atoms in total. The van der Waals surface area contributed by atoms with Crippen molar-refractivity contribution < 1.29 is 18.3 Å². The number of rotatable bonds is 5. The van der Waals surface area contributed by atoms with Crippen LogP contribution in [-0.2, 0) is 6.54 Å². The fraction of sp³-hybridized carbons (Fsp3) is 0.294. The first-order valence-corrected chi connectivity index (χ1v) is 9.08. The van der Waals surface area contributed by atoms with Gasteiger partial charge in [0.2, 0.25) is 0 Å². The lowest BCUT2D eigenvalue weighted by Gasteiger charge is -2.37. The molecule has 0 aliphatic carbocycles. The van der Waals surface area contributed by atoms with E-state index in [4.69, 9.17) is 4.74 Å². The second-order valence-corrected chi connectivity index (χ2v) is 7.02. The van der Waals surface area contributed by atoms with Crippen molar-refractivity contribution in [2.75, 3.05) is 13.1 Å². The summed E-state index contributed by atoms with van der Waals surface area (Å²) in [5, 5.41) is 10.3. The van der Waals surface area contributed by atoms with Crippen LogP contribution >= 0.6 is 11.3 Å². The van der Waals surface area contributed by atoms with Crippen molar-refractivity contribution in [1.29, 1.82) is 0 Å². The lowest BCUT2D eigenvalue weighted by atomic mass is 10.1. The van der Waals surface area contributed by atoms with E-state index in [2.05, 4.69) is 15.3 Å². The van der Waals surface area contributed by atoms with Gasteiger partial charge in [0.1, 0.15) is 17.7 Å². The molecule has 1 aromatic carbocycles. The number of aromatic nitrogens is 4. The van der Waals surface area contributed by atoms with Crippen LogP contribution in [0.4, 0.5) is 8.78 Å². The Bertz CT molecular complexity index is 970. The van der Waals surface area contributed by atoms with E-state index < -0.39 is 11.6 Å². The SMILES string of the molecule is Cc1c(C(=O)N2CC(Oc3nccs3)C2)nnn1Cc1ccc(F)cc1F. The van der Waals surface area contributed by atoms with Crippen LogP contribution in [0.3, 0.4) is 0 Å². The van der Waals surface area contributed by atoms with E-state index in [0.29, 0.717) is 24.0 Å². The van der Waals surface area contributed by atoms with Gasteiger partial charge in [-0.2, -0.15) is 0 Å². The van der Waals surface area contributed by atoms with Gasteiger partial charge in [-0.15, -0.1) is 5.10 Å². The standard InChI is InChI=1S/C17H15F2N5O2S/c1-10-15(16(25)23-8-13(9-23)26-17-20-4-5-27-17)21-22-24(10)7-11-2-3-12(18)6-14(11)19/h2-6,13H,7-9H2,1H3. The van der Waals surface area contributed by atoms with Gasteiger partial charge >= 0.3 is 0 Å². The van der Waals surface area contributed by atoms with Crippen LogP contribution in [-0.4, -0.2) is 50.0 Å². The maximum absolute atomic E-state index is 13.8. The summed E-state index contributed by atoms with van der Waals surface area (Å²) in [5.74, 6) is -1.56. The quantitative estimate of drug-likeness (QED) is 0.667. The number of halogens is 2. The zero-order chi connectivity index (χ0) is 19.0. The molecule has 0 saturated carbocycles. The van der Waals surface area contributed by atoms with Gasteiger partial charge in [-0.1, -0.05) is 22.6 Å². The average Bonchev–Trinajstić information content (AvgIpc) is 3.23. The first-order valence-electron chi connectivity index (χ1n) is 8.20. The van der Waals surface area contributed by atoms with E-state index in [1.165, 1.54) is 28.2 Å². The second-order valence-electron chi connectivity index (χ2n) is 6.16. The van der Waals surface area contributed by atoms with Gasteiger partial charge in [-0.3, -0.25) is 4.79 Å². The zero-order valence-corrected chi connectivity index (χ0v) is 15.1. The molecule has 3 heterocycles. The molecule has 1 fully saturated rings. The number of carbonyl (C=O) groups excluding carboxylic acids is 1. The lowest BCUT2D eigenvalue weighted by molar-refractivity contribution is 0.0172. The minimum absolute atomic E-state index is 0.0635. The highest BCUT2D eigenvalue weighted by molar-refractivity contribution is 7.11. The molecule has 1 aliphatic rings. The molecule has 0 N–H and O–H groups in total. The minimum Gasteiger partial charge on any atom is -0.463 e. The Morgan fingerprint density at radius 1 is 1.37 bits per heavy atom. The number of likely N-dealkylation sites (tertiary alicyclic amines) is 1. The summed E-state index contributed by atoms with van der Waals surface area (Å²) in [4.78, 5) is 18.2. The summed E-state index contributed by atoms with van der Waals surface area (Å²) in [6.07, 6.45) is 1.57. The first kappa shape index (κ1) is 17.5. The number of ether oxygens (including phenoxy) is 1. The maximum atomic E-state index is 13.8. The van der Waals surface area contributed by atoms with Crippen LogP contribution in [0.15, 0.2) is 29.8 Å². The highest BCUT2D eigenvalue weighted by Gasteiger charge is 2.35. The Morgan fingerprint density at radius 3 is 2.89 bits per heavy atom. The predicted molar refractivity (Wildman–Crippen MR) is 92.7 cm³/mol. The van der Waals surface area contributed by atoms with Crippen molar-refractivity contribution in [3.05, 3.63) is 58.4 Å². The number of hydrogen-bond acceptors (Lipinski definition) is 6. The molecule has 140 valence electrons. The van der Waals surface area contributed by atoms with Gasteiger partial charge in [-0.25, -0.2) is 18.4 Å². The van der Waals surface area contributed by atoms with Crippen molar-refractivity contribution in [2.24, 2.45) is 0 Å². The molecule has 0 spiro atoms. The van der Waals surface area contributed by atoms with Crippen molar-refractivity contribution in [3.63, 3.8) is 0 Å². The summed E-state index contributed by atoms with van der Waals surface area (Å²) < 4.78 is 33.9. The molecule has 1 saturated heterocycles. The topological polar surface area (TPSA) is 73.1 Å². The largest absolute Gasteiger partial charge is 0.463 e. The third-order valence-electron chi connectivity index (χ3n) is 4.33. The summed E-state index contributed by atoms with van der Waals surface area (Å²) in [5.41, 5.74) is 1.00. The number of amides is 1. The zero-order valence-electron chi connectivity index (χ0n) is 14.3. The average molecular weight is 391 g/mol. The molecule has 0 atom stereocenters. The smallest absolute Gasteiger partial charge is 0.276 e. The number of benzene rings is 1. The Kier molecular flexibility index (Phi) is 4.56. The minimum atomic E-state index is -0.664. The fourth-order valence-corrected chi connectivity index (χ4v) is 3.31. The van der Waals surface area contributed by atoms with Crippen molar-refractivity contribution in [1.82, 2.24) is 24.9 Å². The van der Waals surface area contributed by atoms with Gasteiger partial charge in [0.05, 0.1) is 25.3 Å². The Morgan fingerprint density at radius 2 is 2.19 bits per heavy atom. The Labute approximate surface area is 157 Å². The number of hydrogen-bond donors (Lipinski definition) is 0. The molecular weight excluding hydrogens is 376 g/mol. The van der Waals surface area contributed by atoms with Gasteiger partial charge in [-0.05, 0) is 13.0 Å². The summed E-state index contributed by atoms with van der Waals surface area (Å²) in [6, 6.07) is 3.35. The molecule has 0 bridgehead atoms. The molecule has 3 aromatic rings. The van der Waals surface area contributed by atoms with E-state index in [0.717, 1.165) is 6.07 Å². The van der Waals surface area contributed by atoms with Crippen LogP contribution in [0.1, 0.15) is 21.7 Å². The normalized spacial score (nSPS) is 14.3. The van der Waals surface area contributed by atoms with Gasteiger partial charge in [0, 0.05) is 23.2 Å². The molecule has 1 aliphatic heterocycles. The van der Waals surface area contributed by atoms with Crippen LogP contribution in [0, 0.1) is 18.6 Å². The number of thiazole rings is 1. The van der Waals surface area contributed by atoms with Crippen LogP contribution in [0.25, 0.3) is 0 Å². The van der Waals surface area contributed by atoms with E-state index in [1.54, 1.807) is 18.0 Å². The lowest BCUT2D eigenvalue weighted by Crippen LogP contribution is -2.56. The predicted octanol–water partition coefficient (Wildman–Crippen LogP) is 2.27. The van der Waals surface area contributed by atoms with Crippen molar-refractivity contribution in [3.8, 4) is 5.19 Å². The van der Waals surface area contributed by atoms with Crippen LogP contribution in [0.5, 0.6) is 5.19 Å². The Hall–Kier alpha value is -2.88. The van der Waals surface area contributed by atoms with Gasteiger partial charge in [0.25, 0.3) is 11.1 Å². The van der Waals surface area contributed by atoms with E-state index >= 15 is 0 Å². The molecule has 2 aromatic heterocycles. The van der Waals surface area contributed by atoms with Crippen molar-refractivity contribution in [2.45, 2.75) is 19.6 Å². The third-order valence-corrected chi connectivity index (χ3v) is 4.99. The number of carbonyl (C=O) groups is 1. The molecule has 1 amide bonds. The monoisotopic (exact) mass is 391 g/mol. The van der Waals surface area contributed by atoms with Gasteiger partial charge < -0.3 is 9.64 Å². The van der Waals surface area contributed by atoms with E-state index in [1.807, 2.05) is 5.38 Å². The Balaban J connectivity index is 1.41. The molecule has 0 radical (unpaired) electrons. The molecule has 4 rings (SSSR count). The molecular formula is C17H15F2N5O2S. The number of nitrogens with zero attached hydrogens (tertiary/aromatic N) is 5. The summed E-state index contributed by atoms with van der Waals surface area (Å²) >= 11 is 1.40. The fourth-order valence-electron chi connectivity index (χ4n) is 2.76. The highest BCUT2D eigenvalue weighted by Crippen LogP contribution is 2.22. The summed E-state index contributed by atoms with van der Waals surface area (Å²) in [6.45, 7) is 2.64. The van der Waals surface area contributed by atoms with Crippen molar-refractivity contribution >= 4 is 17.2 Å². The van der Waals surface area contributed by atoms with E-state index in [-0.39, 0.29) is 29.8 Å². The van der Waals surface area contributed by atoms with Crippen LogP contribution in [0.2, 0.25) is 0 Å². The van der Waals surface area contributed by atoms with Gasteiger partial charge in [0.15, 0.2) is 5.69 Å². The second kappa shape index (κ2) is 7.03. The van der Waals surface area contributed by atoms with E-state index in [9.17, 15) is 13.6 Å². The highest BCUT2D eigenvalue weighted by atomic mass is 32.1. The molecule has 10 heteroatoms. The molecule has 27 heavy (non-hydrogen) atoms. The molecule has 0 unspecified atom stereocenters.